The van der Waals surface area contributed by atoms with Gasteiger partial charge in [-0.15, -0.1) is 0 Å². The van der Waals surface area contributed by atoms with Gasteiger partial charge in [0.2, 0.25) is 5.95 Å². The number of aryl methyl sites for hydroxylation is 1. The SMILES string of the molecule is CN(C(=O)c1cnc(N2CCCc3ccccc32)nc1)C1CCS(=O)(=O)C1. The molecule has 2 aromatic rings. The molecule has 1 aromatic carbocycles. The van der Waals surface area contributed by atoms with Crippen LogP contribution in [-0.2, 0) is 16.3 Å². The van der Waals surface area contributed by atoms with Crippen LogP contribution in [0.25, 0.3) is 0 Å². The highest BCUT2D eigenvalue weighted by Gasteiger charge is 2.33. The molecule has 1 aromatic heterocycles. The van der Waals surface area contributed by atoms with Crippen LogP contribution in [0.5, 0.6) is 0 Å². The first kappa shape index (κ1) is 17.9. The summed E-state index contributed by atoms with van der Waals surface area (Å²) in [7, 11) is -1.40. The zero-order chi connectivity index (χ0) is 19.0. The fourth-order valence-electron chi connectivity index (χ4n) is 3.76. The van der Waals surface area contributed by atoms with E-state index in [1.807, 2.05) is 12.1 Å². The van der Waals surface area contributed by atoms with E-state index in [4.69, 9.17) is 0 Å². The van der Waals surface area contributed by atoms with Crippen molar-refractivity contribution in [3.8, 4) is 0 Å². The standard InChI is InChI=1S/C19H22N4O3S/c1-22(16-8-10-27(25,26)13-16)18(24)15-11-20-19(21-12-15)23-9-4-6-14-5-2-3-7-17(14)23/h2-3,5,7,11-12,16H,4,6,8-10,13H2,1H3. The molecule has 1 unspecified atom stereocenters. The average Bonchev–Trinajstić information content (AvgIpc) is 3.06. The van der Waals surface area contributed by atoms with Crippen molar-refractivity contribution in [1.29, 1.82) is 0 Å². The minimum atomic E-state index is -3.04. The number of sulfone groups is 1. The van der Waals surface area contributed by atoms with Gasteiger partial charge >= 0.3 is 0 Å². The highest BCUT2D eigenvalue weighted by molar-refractivity contribution is 7.91. The Balaban J connectivity index is 1.52. The zero-order valence-corrected chi connectivity index (χ0v) is 16.0. The summed E-state index contributed by atoms with van der Waals surface area (Å²) >= 11 is 0. The van der Waals surface area contributed by atoms with Crippen molar-refractivity contribution in [2.45, 2.75) is 25.3 Å². The van der Waals surface area contributed by atoms with Crippen LogP contribution in [0.2, 0.25) is 0 Å². The van der Waals surface area contributed by atoms with Gasteiger partial charge in [0, 0.05) is 37.7 Å². The zero-order valence-electron chi connectivity index (χ0n) is 15.2. The number of benzene rings is 1. The molecule has 2 aliphatic rings. The predicted octanol–water partition coefficient (Wildman–Crippen LogP) is 1.82. The summed E-state index contributed by atoms with van der Waals surface area (Å²) in [5, 5.41) is 0. The monoisotopic (exact) mass is 386 g/mol. The lowest BCUT2D eigenvalue weighted by molar-refractivity contribution is 0.0747. The van der Waals surface area contributed by atoms with Gasteiger partial charge in [0.15, 0.2) is 9.84 Å². The van der Waals surface area contributed by atoms with Crippen LogP contribution in [-0.4, -0.2) is 60.3 Å². The fourth-order valence-corrected chi connectivity index (χ4v) is 5.54. The molecule has 0 aliphatic carbocycles. The Kier molecular flexibility index (Phi) is 4.59. The van der Waals surface area contributed by atoms with Crippen molar-refractivity contribution in [1.82, 2.24) is 14.9 Å². The van der Waals surface area contributed by atoms with Crippen LogP contribution in [0.3, 0.4) is 0 Å². The number of carbonyl (C=O) groups is 1. The fraction of sp³-hybridized carbons (Fsp3) is 0.421. The molecule has 142 valence electrons. The van der Waals surface area contributed by atoms with E-state index < -0.39 is 9.84 Å². The normalized spacial score (nSPS) is 20.9. The minimum absolute atomic E-state index is 0.0265. The second-order valence-corrected chi connectivity index (χ2v) is 9.36. The van der Waals surface area contributed by atoms with Crippen molar-refractivity contribution in [3.05, 3.63) is 47.8 Å². The molecule has 4 rings (SSSR count). The Bertz CT molecular complexity index is 959. The smallest absolute Gasteiger partial charge is 0.257 e. The van der Waals surface area contributed by atoms with E-state index in [0.717, 1.165) is 25.1 Å². The van der Waals surface area contributed by atoms with Gasteiger partial charge in [0.1, 0.15) is 0 Å². The van der Waals surface area contributed by atoms with E-state index in [1.54, 1.807) is 7.05 Å². The molecule has 7 nitrogen and oxygen atoms in total. The van der Waals surface area contributed by atoms with Gasteiger partial charge in [-0.25, -0.2) is 18.4 Å². The Morgan fingerprint density at radius 2 is 1.96 bits per heavy atom. The van der Waals surface area contributed by atoms with Gasteiger partial charge in [-0.2, -0.15) is 0 Å². The summed E-state index contributed by atoms with van der Waals surface area (Å²) in [6, 6.07) is 7.93. The molecule has 1 amide bonds. The first-order valence-electron chi connectivity index (χ1n) is 9.10. The third-order valence-electron chi connectivity index (χ3n) is 5.31. The van der Waals surface area contributed by atoms with Gasteiger partial charge in [0.25, 0.3) is 5.91 Å². The summed E-state index contributed by atoms with van der Waals surface area (Å²) in [6.45, 7) is 0.837. The number of anilines is 2. The lowest BCUT2D eigenvalue weighted by Crippen LogP contribution is -2.38. The topological polar surface area (TPSA) is 83.5 Å². The molecule has 2 aliphatic heterocycles. The van der Waals surface area contributed by atoms with E-state index in [9.17, 15) is 13.2 Å². The van der Waals surface area contributed by atoms with E-state index in [2.05, 4.69) is 27.0 Å². The number of hydrogen-bond donors (Lipinski definition) is 0. The van der Waals surface area contributed by atoms with Crippen LogP contribution in [0.4, 0.5) is 11.6 Å². The molecular formula is C19H22N4O3S. The Morgan fingerprint density at radius 1 is 1.22 bits per heavy atom. The lowest BCUT2D eigenvalue weighted by Gasteiger charge is -2.29. The highest BCUT2D eigenvalue weighted by atomic mass is 32.2. The Labute approximate surface area is 159 Å². The van der Waals surface area contributed by atoms with E-state index in [0.29, 0.717) is 17.9 Å². The maximum Gasteiger partial charge on any atom is 0.257 e. The van der Waals surface area contributed by atoms with Gasteiger partial charge in [-0.05, 0) is 30.9 Å². The van der Waals surface area contributed by atoms with Crippen molar-refractivity contribution in [2.24, 2.45) is 0 Å². The number of nitrogens with zero attached hydrogens (tertiary/aromatic N) is 4. The number of aromatic nitrogens is 2. The second kappa shape index (κ2) is 6.92. The molecule has 3 heterocycles. The molecule has 0 saturated carbocycles. The van der Waals surface area contributed by atoms with Gasteiger partial charge < -0.3 is 9.80 Å². The number of carbonyl (C=O) groups excluding carboxylic acids is 1. The summed E-state index contributed by atoms with van der Waals surface area (Å²) < 4.78 is 23.3. The second-order valence-electron chi connectivity index (χ2n) is 7.13. The highest BCUT2D eigenvalue weighted by Crippen LogP contribution is 2.31. The number of rotatable bonds is 3. The van der Waals surface area contributed by atoms with E-state index in [1.165, 1.54) is 22.9 Å². The number of fused-ring (bicyclic) bond motifs is 1. The molecule has 1 atom stereocenters. The third kappa shape index (κ3) is 3.53. The number of amides is 1. The van der Waals surface area contributed by atoms with Crippen LogP contribution in [0.15, 0.2) is 36.7 Å². The predicted molar refractivity (Wildman–Crippen MR) is 103 cm³/mol. The minimum Gasteiger partial charge on any atom is -0.338 e. The molecule has 0 radical (unpaired) electrons. The maximum atomic E-state index is 12.7. The molecule has 8 heteroatoms. The summed E-state index contributed by atoms with van der Waals surface area (Å²) in [4.78, 5) is 25.1. The van der Waals surface area contributed by atoms with Gasteiger partial charge in [-0.1, -0.05) is 18.2 Å². The first-order chi connectivity index (χ1) is 12.9. The van der Waals surface area contributed by atoms with E-state index in [-0.39, 0.29) is 23.5 Å². The number of hydrogen-bond acceptors (Lipinski definition) is 6. The van der Waals surface area contributed by atoms with Gasteiger partial charge in [-0.3, -0.25) is 4.79 Å². The summed E-state index contributed by atoms with van der Waals surface area (Å²) in [5.41, 5.74) is 2.75. The summed E-state index contributed by atoms with van der Waals surface area (Å²) in [6.07, 6.45) is 5.61. The van der Waals surface area contributed by atoms with Crippen molar-refractivity contribution < 1.29 is 13.2 Å². The van der Waals surface area contributed by atoms with Crippen LogP contribution in [0.1, 0.15) is 28.8 Å². The lowest BCUT2D eigenvalue weighted by atomic mass is 10.0. The first-order valence-corrected chi connectivity index (χ1v) is 10.9. The molecule has 0 spiro atoms. The maximum absolute atomic E-state index is 12.7. The average molecular weight is 386 g/mol. The quantitative estimate of drug-likeness (QED) is 0.800. The molecular weight excluding hydrogens is 364 g/mol. The molecule has 0 bridgehead atoms. The Morgan fingerprint density at radius 3 is 2.67 bits per heavy atom. The molecule has 1 saturated heterocycles. The molecule has 27 heavy (non-hydrogen) atoms. The Hall–Kier alpha value is -2.48. The third-order valence-corrected chi connectivity index (χ3v) is 7.06. The molecule has 0 N–H and O–H groups in total. The van der Waals surface area contributed by atoms with Crippen LogP contribution >= 0.6 is 0 Å². The number of para-hydroxylation sites is 1. The van der Waals surface area contributed by atoms with Crippen LogP contribution < -0.4 is 4.90 Å². The van der Waals surface area contributed by atoms with Crippen molar-refractivity contribution in [2.75, 3.05) is 30.0 Å². The largest absolute Gasteiger partial charge is 0.338 e. The molecule has 1 fully saturated rings. The van der Waals surface area contributed by atoms with E-state index >= 15 is 0 Å². The summed E-state index contributed by atoms with van der Waals surface area (Å²) in [5.74, 6) is 0.491. The van der Waals surface area contributed by atoms with Crippen molar-refractivity contribution >= 4 is 27.4 Å². The van der Waals surface area contributed by atoms with Crippen molar-refractivity contribution in [3.63, 3.8) is 0 Å². The van der Waals surface area contributed by atoms with Gasteiger partial charge in [0.05, 0.1) is 17.1 Å². The van der Waals surface area contributed by atoms with Crippen LogP contribution in [0, 0.1) is 0 Å².